The molecule has 0 spiro atoms. The SMILES string of the molecule is CS(=O)CCCn1cccc1C=O. The molecule has 4 heteroatoms. The minimum atomic E-state index is -0.737. The highest BCUT2D eigenvalue weighted by Gasteiger charge is 1.98. The van der Waals surface area contributed by atoms with E-state index in [1.165, 1.54) is 0 Å². The largest absolute Gasteiger partial charge is 0.345 e. The number of aldehydes is 1. The molecule has 0 fully saturated rings. The van der Waals surface area contributed by atoms with E-state index in [-0.39, 0.29) is 0 Å². The number of hydrogen-bond acceptors (Lipinski definition) is 2. The van der Waals surface area contributed by atoms with Gasteiger partial charge < -0.3 is 4.57 Å². The van der Waals surface area contributed by atoms with Crippen molar-refractivity contribution in [1.82, 2.24) is 4.57 Å². The summed E-state index contributed by atoms with van der Waals surface area (Å²) < 4.78 is 12.6. The molecule has 1 rings (SSSR count). The van der Waals surface area contributed by atoms with Crippen molar-refractivity contribution in [2.75, 3.05) is 12.0 Å². The summed E-state index contributed by atoms with van der Waals surface area (Å²) in [5, 5.41) is 0. The van der Waals surface area contributed by atoms with Crippen molar-refractivity contribution in [1.29, 1.82) is 0 Å². The Balaban J connectivity index is 2.44. The molecule has 0 aromatic carbocycles. The quantitative estimate of drug-likeness (QED) is 0.665. The summed E-state index contributed by atoms with van der Waals surface area (Å²) in [4.78, 5) is 10.5. The Morgan fingerprint density at radius 1 is 1.62 bits per heavy atom. The average molecular weight is 199 g/mol. The van der Waals surface area contributed by atoms with Gasteiger partial charge in [-0.1, -0.05) is 0 Å². The van der Waals surface area contributed by atoms with E-state index in [0.29, 0.717) is 11.4 Å². The van der Waals surface area contributed by atoms with Crippen molar-refractivity contribution in [2.24, 2.45) is 0 Å². The van der Waals surface area contributed by atoms with Crippen LogP contribution in [0.3, 0.4) is 0 Å². The smallest absolute Gasteiger partial charge is 0.166 e. The molecular weight excluding hydrogens is 186 g/mol. The number of aromatic nitrogens is 1. The molecule has 1 heterocycles. The van der Waals surface area contributed by atoms with Crippen molar-refractivity contribution in [2.45, 2.75) is 13.0 Å². The molecule has 0 aliphatic carbocycles. The Morgan fingerprint density at radius 2 is 2.38 bits per heavy atom. The summed E-state index contributed by atoms with van der Waals surface area (Å²) in [5.74, 6) is 0.691. The fourth-order valence-electron chi connectivity index (χ4n) is 1.18. The number of carbonyl (C=O) groups is 1. The van der Waals surface area contributed by atoms with E-state index >= 15 is 0 Å². The van der Waals surface area contributed by atoms with Crippen molar-refractivity contribution in [3.63, 3.8) is 0 Å². The predicted octanol–water partition coefficient (Wildman–Crippen LogP) is 1.07. The van der Waals surface area contributed by atoms with Crippen molar-refractivity contribution >= 4 is 17.1 Å². The maximum atomic E-state index is 10.8. The van der Waals surface area contributed by atoms with E-state index in [0.717, 1.165) is 19.3 Å². The highest BCUT2D eigenvalue weighted by atomic mass is 32.2. The predicted molar refractivity (Wildman–Crippen MR) is 53.4 cm³/mol. The molecule has 0 saturated carbocycles. The molecule has 0 bridgehead atoms. The van der Waals surface area contributed by atoms with E-state index < -0.39 is 10.8 Å². The molecule has 1 atom stereocenters. The molecule has 1 aromatic heterocycles. The molecule has 1 unspecified atom stereocenters. The Kier molecular flexibility index (Phi) is 3.89. The summed E-state index contributed by atoms with van der Waals surface area (Å²) in [6, 6.07) is 3.61. The van der Waals surface area contributed by atoms with Crippen LogP contribution < -0.4 is 0 Å². The second-order valence-corrected chi connectivity index (χ2v) is 4.43. The molecule has 13 heavy (non-hydrogen) atoms. The first kappa shape index (κ1) is 10.2. The summed E-state index contributed by atoms with van der Waals surface area (Å²) in [5.41, 5.74) is 0.682. The summed E-state index contributed by atoms with van der Waals surface area (Å²) >= 11 is 0. The first-order valence-corrected chi connectivity index (χ1v) is 5.87. The van der Waals surface area contributed by atoms with Gasteiger partial charge >= 0.3 is 0 Å². The number of hydrogen-bond donors (Lipinski definition) is 0. The van der Waals surface area contributed by atoms with Crippen LogP contribution in [-0.4, -0.2) is 27.1 Å². The maximum absolute atomic E-state index is 10.8. The summed E-state index contributed by atoms with van der Waals surface area (Å²) in [6.07, 6.45) is 5.24. The number of aryl methyl sites for hydroxylation is 1. The van der Waals surface area contributed by atoms with Crippen molar-refractivity contribution in [3.8, 4) is 0 Å². The van der Waals surface area contributed by atoms with Crippen LogP contribution in [0, 0.1) is 0 Å². The standard InChI is InChI=1S/C9H13NO2S/c1-13(12)7-3-6-10-5-2-4-9(10)8-11/h2,4-5,8H,3,6-7H2,1H3. The van der Waals surface area contributed by atoms with Gasteiger partial charge in [-0.05, 0) is 18.6 Å². The zero-order chi connectivity index (χ0) is 9.68. The lowest BCUT2D eigenvalue weighted by Crippen LogP contribution is -2.04. The zero-order valence-corrected chi connectivity index (χ0v) is 8.42. The minimum Gasteiger partial charge on any atom is -0.345 e. The fourth-order valence-corrected chi connectivity index (χ4v) is 1.71. The lowest BCUT2D eigenvalue weighted by atomic mass is 10.4. The van der Waals surface area contributed by atoms with Crippen LogP contribution in [-0.2, 0) is 17.3 Å². The molecular formula is C9H13NO2S. The molecule has 72 valence electrons. The molecule has 0 amide bonds. The second kappa shape index (κ2) is 4.97. The van der Waals surface area contributed by atoms with Gasteiger partial charge in [0.15, 0.2) is 6.29 Å². The van der Waals surface area contributed by atoms with Gasteiger partial charge in [-0.3, -0.25) is 9.00 Å². The van der Waals surface area contributed by atoms with E-state index in [1.54, 1.807) is 12.3 Å². The van der Waals surface area contributed by atoms with Gasteiger partial charge in [0, 0.05) is 35.5 Å². The molecule has 0 aliphatic rings. The van der Waals surface area contributed by atoms with Crippen molar-refractivity contribution in [3.05, 3.63) is 24.0 Å². The molecule has 0 N–H and O–H groups in total. The molecule has 0 saturated heterocycles. The first-order chi connectivity index (χ1) is 6.24. The average Bonchev–Trinajstić information content (AvgIpc) is 2.51. The number of nitrogens with zero attached hydrogens (tertiary/aromatic N) is 1. The third-order valence-corrected chi connectivity index (χ3v) is 2.68. The molecule has 3 nitrogen and oxygen atoms in total. The van der Waals surface area contributed by atoms with Gasteiger partial charge in [-0.15, -0.1) is 0 Å². The fraction of sp³-hybridized carbons (Fsp3) is 0.444. The van der Waals surface area contributed by atoms with Crippen LogP contribution in [0.4, 0.5) is 0 Å². The normalized spacial score (nSPS) is 12.7. The van der Waals surface area contributed by atoms with Gasteiger partial charge in [0.05, 0.1) is 5.69 Å². The van der Waals surface area contributed by atoms with E-state index in [4.69, 9.17) is 0 Å². The molecule has 0 aliphatic heterocycles. The number of rotatable bonds is 5. The van der Waals surface area contributed by atoms with Crippen LogP contribution in [0.1, 0.15) is 16.9 Å². The second-order valence-electron chi connectivity index (χ2n) is 2.88. The molecule has 1 aromatic rings. The highest BCUT2D eigenvalue weighted by Crippen LogP contribution is 2.00. The van der Waals surface area contributed by atoms with Crippen LogP contribution in [0.15, 0.2) is 18.3 Å². The monoisotopic (exact) mass is 199 g/mol. The Labute approximate surface area is 80.2 Å². The third kappa shape index (κ3) is 3.14. The summed E-state index contributed by atoms with van der Waals surface area (Å²) in [7, 11) is -0.737. The van der Waals surface area contributed by atoms with Gasteiger partial charge in [-0.2, -0.15) is 0 Å². The molecule has 0 radical (unpaired) electrons. The van der Waals surface area contributed by atoms with Gasteiger partial charge in [-0.25, -0.2) is 0 Å². The van der Waals surface area contributed by atoms with E-state index in [9.17, 15) is 9.00 Å². The topological polar surface area (TPSA) is 39.1 Å². The van der Waals surface area contributed by atoms with Gasteiger partial charge in [0.25, 0.3) is 0 Å². The zero-order valence-electron chi connectivity index (χ0n) is 7.60. The minimum absolute atomic E-state index is 0.682. The number of carbonyl (C=O) groups excluding carboxylic acids is 1. The third-order valence-electron chi connectivity index (χ3n) is 1.82. The van der Waals surface area contributed by atoms with Crippen LogP contribution in [0.25, 0.3) is 0 Å². The lowest BCUT2D eigenvalue weighted by molar-refractivity contribution is 0.111. The highest BCUT2D eigenvalue weighted by molar-refractivity contribution is 7.84. The van der Waals surface area contributed by atoms with Gasteiger partial charge in [0.2, 0.25) is 0 Å². The van der Waals surface area contributed by atoms with Crippen LogP contribution >= 0.6 is 0 Å². The van der Waals surface area contributed by atoms with Gasteiger partial charge in [0.1, 0.15) is 0 Å². The summed E-state index contributed by atoms with van der Waals surface area (Å²) in [6.45, 7) is 0.765. The lowest BCUT2D eigenvalue weighted by Gasteiger charge is -2.03. The van der Waals surface area contributed by atoms with Crippen LogP contribution in [0.5, 0.6) is 0 Å². The van der Waals surface area contributed by atoms with E-state index in [1.807, 2.05) is 16.8 Å². The maximum Gasteiger partial charge on any atom is 0.166 e. The van der Waals surface area contributed by atoms with E-state index in [2.05, 4.69) is 0 Å². The van der Waals surface area contributed by atoms with Crippen LogP contribution in [0.2, 0.25) is 0 Å². The van der Waals surface area contributed by atoms with Crippen molar-refractivity contribution < 1.29 is 9.00 Å². The Hall–Kier alpha value is -0.900. The Morgan fingerprint density at radius 3 is 3.00 bits per heavy atom. The Bertz CT molecular complexity index is 306. The first-order valence-electron chi connectivity index (χ1n) is 4.14.